The largest absolute Gasteiger partial charge is 0.287 e. The van der Waals surface area contributed by atoms with E-state index >= 15 is 0 Å². The van der Waals surface area contributed by atoms with Crippen LogP contribution in [-0.2, 0) is 13.0 Å². The van der Waals surface area contributed by atoms with Crippen molar-refractivity contribution in [2.75, 3.05) is 0 Å². The number of nitrogens with zero attached hydrogens (tertiary/aromatic N) is 5. The highest BCUT2D eigenvalue weighted by Crippen LogP contribution is 2.44. The molecule has 5 heteroatoms. The van der Waals surface area contributed by atoms with Gasteiger partial charge in [-0.1, -0.05) is 6.07 Å². The zero-order chi connectivity index (χ0) is 16.3. The highest BCUT2D eigenvalue weighted by Gasteiger charge is 2.41. The lowest BCUT2D eigenvalue weighted by Gasteiger charge is -2.35. The summed E-state index contributed by atoms with van der Waals surface area (Å²) < 4.78 is 2.07. The summed E-state index contributed by atoms with van der Waals surface area (Å²) in [6.07, 6.45) is 5.58. The van der Waals surface area contributed by atoms with Crippen molar-refractivity contribution >= 4 is 5.65 Å². The van der Waals surface area contributed by atoms with Crippen LogP contribution < -0.4 is 0 Å². The first-order valence-electron chi connectivity index (χ1n) is 8.71. The summed E-state index contributed by atoms with van der Waals surface area (Å²) in [4.78, 5) is 12.0. The summed E-state index contributed by atoms with van der Waals surface area (Å²) in [6, 6.07) is 9.40. The van der Waals surface area contributed by atoms with Crippen LogP contribution in [-0.4, -0.2) is 30.5 Å². The Labute approximate surface area is 141 Å². The van der Waals surface area contributed by atoms with Crippen LogP contribution in [0.25, 0.3) is 5.65 Å². The number of rotatable bonds is 2. The molecule has 24 heavy (non-hydrogen) atoms. The summed E-state index contributed by atoms with van der Waals surface area (Å²) in [7, 11) is 0. The first-order valence-corrected chi connectivity index (χ1v) is 8.71. The van der Waals surface area contributed by atoms with Gasteiger partial charge >= 0.3 is 0 Å². The zero-order valence-corrected chi connectivity index (χ0v) is 14.1. The molecule has 0 unspecified atom stereocenters. The van der Waals surface area contributed by atoms with Crippen molar-refractivity contribution in [3.63, 3.8) is 0 Å². The minimum absolute atomic E-state index is 0.447. The Morgan fingerprint density at radius 2 is 2.08 bits per heavy atom. The number of pyridine rings is 1. The molecule has 0 radical (unpaired) electrons. The Balaban J connectivity index is 1.54. The predicted octanol–water partition coefficient (Wildman–Crippen LogP) is 3.00. The van der Waals surface area contributed by atoms with Gasteiger partial charge in [0, 0.05) is 48.6 Å². The predicted molar refractivity (Wildman–Crippen MR) is 91.7 cm³/mol. The van der Waals surface area contributed by atoms with Crippen LogP contribution in [0.2, 0.25) is 0 Å². The molecule has 2 aliphatic heterocycles. The van der Waals surface area contributed by atoms with E-state index in [0.717, 1.165) is 30.0 Å². The maximum absolute atomic E-state index is 4.70. The average Bonchev–Trinajstić information content (AvgIpc) is 3.06. The molecule has 2 aliphatic rings. The highest BCUT2D eigenvalue weighted by molar-refractivity contribution is 5.44. The maximum atomic E-state index is 4.70. The lowest BCUT2D eigenvalue weighted by Crippen LogP contribution is -2.38. The number of aromatic nitrogens is 4. The van der Waals surface area contributed by atoms with E-state index in [0.29, 0.717) is 12.1 Å². The Morgan fingerprint density at radius 1 is 1.17 bits per heavy atom. The molecule has 5 nitrogen and oxygen atoms in total. The summed E-state index contributed by atoms with van der Waals surface area (Å²) in [5.74, 6) is 0. The molecular formula is C19H21N5. The molecule has 2 atom stereocenters. The second-order valence-corrected chi connectivity index (χ2v) is 7.11. The van der Waals surface area contributed by atoms with Crippen molar-refractivity contribution in [1.29, 1.82) is 0 Å². The average molecular weight is 319 g/mol. The molecule has 3 aromatic heterocycles. The van der Waals surface area contributed by atoms with E-state index in [1.165, 1.54) is 29.8 Å². The van der Waals surface area contributed by atoms with Gasteiger partial charge in [-0.25, -0.2) is 9.50 Å². The van der Waals surface area contributed by atoms with E-state index in [1.807, 2.05) is 6.92 Å². The molecule has 2 bridgehead atoms. The van der Waals surface area contributed by atoms with Crippen LogP contribution in [0, 0.1) is 13.8 Å². The lowest BCUT2D eigenvalue weighted by molar-refractivity contribution is 0.163. The Bertz CT molecular complexity index is 929. The van der Waals surface area contributed by atoms with Crippen LogP contribution in [0.3, 0.4) is 0 Å². The molecule has 3 aromatic rings. The second-order valence-electron chi connectivity index (χ2n) is 7.11. The van der Waals surface area contributed by atoms with Crippen LogP contribution in [0.5, 0.6) is 0 Å². The Hall–Kier alpha value is -2.27. The summed E-state index contributed by atoms with van der Waals surface area (Å²) in [6.45, 7) is 5.02. The van der Waals surface area contributed by atoms with Crippen LogP contribution >= 0.6 is 0 Å². The molecule has 5 rings (SSSR count). The molecule has 0 aliphatic carbocycles. The molecule has 0 spiro atoms. The fourth-order valence-electron chi connectivity index (χ4n) is 4.42. The third-order valence-electron chi connectivity index (χ3n) is 5.46. The Morgan fingerprint density at radius 3 is 2.96 bits per heavy atom. The molecule has 5 heterocycles. The first-order chi connectivity index (χ1) is 11.7. The van der Waals surface area contributed by atoms with E-state index in [9.17, 15) is 0 Å². The van der Waals surface area contributed by atoms with Gasteiger partial charge in [0.05, 0.1) is 17.1 Å². The van der Waals surface area contributed by atoms with Crippen LogP contribution in [0.15, 0.2) is 30.5 Å². The van der Waals surface area contributed by atoms with Crippen molar-refractivity contribution in [2.45, 2.75) is 51.7 Å². The number of hydrogen-bond donors (Lipinski definition) is 0. The van der Waals surface area contributed by atoms with Gasteiger partial charge in [-0.3, -0.25) is 9.88 Å². The molecule has 0 saturated carbocycles. The van der Waals surface area contributed by atoms with Crippen molar-refractivity contribution < 1.29 is 0 Å². The number of hydrogen-bond acceptors (Lipinski definition) is 4. The molecule has 122 valence electrons. The maximum Gasteiger partial charge on any atom is 0.155 e. The van der Waals surface area contributed by atoms with Gasteiger partial charge in [0.15, 0.2) is 5.65 Å². The normalized spacial score (nSPS) is 22.9. The smallest absolute Gasteiger partial charge is 0.155 e. The summed E-state index contributed by atoms with van der Waals surface area (Å²) in [5.41, 5.74) is 6.97. The monoisotopic (exact) mass is 319 g/mol. The van der Waals surface area contributed by atoms with Gasteiger partial charge in [-0.05, 0) is 38.8 Å². The molecule has 1 saturated heterocycles. The molecule has 0 amide bonds. The second kappa shape index (κ2) is 5.11. The van der Waals surface area contributed by atoms with Gasteiger partial charge in [0.25, 0.3) is 0 Å². The number of aryl methyl sites for hydroxylation is 2. The molecular weight excluding hydrogens is 298 g/mol. The van der Waals surface area contributed by atoms with Gasteiger partial charge in [0.1, 0.15) is 0 Å². The van der Waals surface area contributed by atoms with Crippen LogP contribution in [0.1, 0.15) is 47.2 Å². The molecule has 1 fully saturated rings. The minimum Gasteiger partial charge on any atom is -0.287 e. The fourth-order valence-corrected chi connectivity index (χ4v) is 4.42. The van der Waals surface area contributed by atoms with Crippen LogP contribution in [0.4, 0.5) is 0 Å². The SMILES string of the molecule is Cc1cccc(CN2[C@H]3CC[C@H]2c2cnc4cc(C)nn4c2C3)n1. The van der Waals surface area contributed by atoms with E-state index in [1.54, 1.807) is 0 Å². The van der Waals surface area contributed by atoms with Gasteiger partial charge in [-0.2, -0.15) is 5.10 Å². The van der Waals surface area contributed by atoms with Gasteiger partial charge in [0.2, 0.25) is 0 Å². The van der Waals surface area contributed by atoms with E-state index < -0.39 is 0 Å². The fraction of sp³-hybridized carbons (Fsp3) is 0.421. The first kappa shape index (κ1) is 14.1. The summed E-state index contributed by atoms with van der Waals surface area (Å²) >= 11 is 0. The van der Waals surface area contributed by atoms with Crippen molar-refractivity contribution in [1.82, 2.24) is 24.5 Å². The topological polar surface area (TPSA) is 46.3 Å². The zero-order valence-electron chi connectivity index (χ0n) is 14.1. The van der Waals surface area contributed by atoms with Gasteiger partial charge in [-0.15, -0.1) is 0 Å². The molecule has 0 N–H and O–H groups in total. The Kier molecular flexibility index (Phi) is 3.00. The van der Waals surface area contributed by atoms with E-state index in [2.05, 4.69) is 56.9 Å². The van der Waals surface area contributed by atoms with Gasteiger partial charge < -0.3 is 0 Å². The lowest BCUT2D eigenvalue weighted by atomic mass is 9.99. The third-order valence-corrected chi connectivity index (χ3v) is 5.46. The van der Waals surface area contributed by atoms with E-state index in [4.69, 9.17) is 4.98 Å². The van der Waals surface area contributed by atoms with E-state index in [-0.39, 0.29) is 0 Å². The third kappa shape index (κ3) is 2.08. The highest BCUT2D eigenvalue weighted by atomic mass is 15.3. The quantitative estimate of drug-likeness (QED) is 0.728. The standard InChI is InChI=1S/C19H21N5/c1-12-4-3-5-14(21-12)11-23-15-6-7-17(23)16-10-20-19-8-13(2)22-24(19)18(16)9-15/h3-5,8,10,15,17H,6-7,9,11H2,1-2H3/t15-,17-/m0/s1. The van der Waals surface area contributed by atoms with Crippen molar-refractivity contribution in [3.05, 3.63) is 58.8 Å². The molecule has 0 aromatic carbocycles. The minimum atomic E-state index is 0.447. The number of fused-ring (bicyclic) bond motifs is 6. The summed E-state index contributed by atoms with van der Waals surface area (Å²) in [5, 5.41) is 4.67. The van der Waals surface area contributed by atoms with Crippen molar-refractivity contribution in [2.24, 2.45) is 0 Å². The van der Waals surface area contributed by atoms with Crippen molar-refractivity contribution in [3.8, 4) is 0 Å².